The number of anilines is 1. The summed E-state index contributed by atoms with van der Waals surface area (Å²) in [5.41, 5.74) is 2.50. The molecule has 3 aromatic rings. The summed E-state index contributed by atoms with van der Waals surface area (Å²) >= 11 is 1.53. The molecular weight excluding hydrogens is 434 g/mol. The fourth-order valence-electron chi connectivity index (χ4n) is 3.48. The van der Waals surface area contributed by atoms with Crippen LogP contribution >= 0.6 is 23.7 Å². The van der Waals surface area contributed by atoms with Crippen LogP contribution in [0.15, 0.2) is 24.4 Å². The number of hydrogen-bond donors (Lipinski definition) is 0. The van der Waals surface area contributed by atoms with Crippen LogP contribution in [0.3, 0.4) is 0 Å². The summed E-state index contributed by atoms with van der Waals surface area (Å²) in [7, 11) is 1.65. The molecule has 0 atom stereocenters. The van der Waals surface area contributed by atoms with Gasteiger partial charge in [-0.2, -0.15) is 5.10 Å². The standard InChI is InChI=1S/C22H31N5O2S.ClH/c1-7-25(8-2)13-14-26(21(28)17-11-12-23-27(17)15(3)4)22-24-19-18(29-6)10-9-16(5)20(19)30-22;/h9-12,15H,7-8,13-14H2,1-6H3;1H. The Kier molecular flexibility index (Phi) is 8.85. The van der Waals surface area contributed by atoms with Gasteiger partial charge in [-0.25, -0.2) is 4.98 Å². The van der Waals surface area contributed by atoms with Crippen molar-refractivity contribution in [3.05, 3.63) is 35.7 Å². The molecule has 0 N–H and O–H groups in total. The monoisotopic (exact) mass is 465 g/mol. The molecule has 0 aliphatic heterocycles. The van der Waals surface area contributed by atoms with Crippen molar-refractivity contribution < 1.29 is 9.53 Å². The largest absolute Gasteiger partial charge is 0.494 e. The molecule has 9 heteroatoms. The zero-order valence-corrected chi connectivity index (χ0v) is 20.7. The SMILES string of the molecule is CCN(CC)CCN(C(=O)c1ccnn1C(C)C)c1nc2c(OC)ccc(C)c2s1.Cl. The number of likely N-dealkylation sites (N-methyl/N-ethyl adjacent to an activating group) is 1. The molecule has 1 aromatic carbocycles. The third-order valence-corrected chi connectivity index (χ3v) is 6.51. The number of aryl methyl sites for hydroxylation is 1. The number of amides is 1. The second kappa shape index (κ2) is 10.9. The molecule has 2 heterocycles. The maximum atomic E-state index is 13.6. The van der Waals surface area contributed by atoms with Crippen LogP contribution in [0, 0.1) is 6.92 Å². The minimum atomic E-state index is -0.0796. The van der Waals surface area contributed by atoms with Crippen molar-refractivity contribution in [3.63, 3.8) is 0 Å². The van der Waals surface area contributed by atoms with E-state index in [-0.39, 0.29) is 24.4 Å². The smallest absolute Gasteiger partial charge is 0.278 e. The highest BCUT2D eigenvalue weighted by Gasteiger charge is 2.26. The van der Waals surface area contributed by atoms with Crippen LogP contribution in [-0.4, -0.2) is 58.9 Å². The Labute approximate surface area is 194 Å². The molecule has 0 radical (unpaired) electrons. The summed E-state index contributed by atoms with van der Waals surface area (Å²) in [6.07, 6.45) is 1.68. The molecule has 0 saturated heterocycles. The van der Waals surface area contributed by atoms with E-state index < -0.39 is 0 Å². The lowest BCUT2D eigenvalue weighted by Gasteiger charge is -2.25. The number of ether oxygens (including phenoxy) is 1. The highest BCUT2D eigenvalue weighted by atomic mass is 35.5. The topological polar surface area (TPSA) is 63.5 Å². The van der Waals surface area contributed by atoms with Gasteiger partial charge in [-0.3, -0.25) is 14.4 Å². The predicted octanol–water partition coefficient (Wildman–Crippen LogP) is 4.80. The minimum absolute atomic E-state index is 0. The predicted molar refractivity (Wildman–Crippen MR) is 130 cm³/mol. The summed E-state index contributed by atoms with van der Waals surface area (Å²) in [4.78, 5) is 22.5. The number of halogens is 1. The third kappa shape index (κ3) is 5.19. The van der Waals surface area contributed by atoms with Gasteiger partial charge in [0.05, 0.1) is 11.8 Å². The quantitative estimate of drug-likeness (QED) is 0.454. The molecule has 1 amide bonds. The lowest BCUT2D eigenvalue weighted by Crippen LogP contribution is -2.39. The van der Waals surface area contributed by atoms with Gasteiger partial charge in [0.1, 0.15) is 17.0 Å². The molecule has 7 nitrogen and oxygen atoms in total. The normalized spacial score (nSPS) is 11.2. The summed E-state index contributed by atoms with van der Waals surface area (Å²) in [5, 5.41) is 5.03. The average molecular weight is 466 g/mol. The van der Waals surface area contributed by atoms with Crippen molar-refractivity contribution in [1.82, 2.24) is 19.7 Å². The van der Waals surface area contributed by atoms with Crippen LogP contribution in [0.4, 0.5) is 5.13 Å². The molecule has 0 fully saturated rings. The van der Waals surface area contributed by atoms with Gasteiger partial charge >= 0.3 is 0 Å². The second-order valence-corrected chi connectivity index (χ2v) is 8.47. The minimum Gasteiger partial charge on any atom is -0.494 e. The van der Waals surface area contributed by atoms with E-state index in [0.717, 1.165) is 41.2 Å². The van der Waals surface area contributed by atoms with Gasteiger partial charge in [0.2, 0.25) is 0 Å². The van der Waals surface area contributed by atoms with Gasteiger partial charge in [0, 0.05) is 25.3 Å². The number of benzene rings is 1. The van der Waals surface area contributed by atoms with Gasteiger partial charge < -0.3 is 9.64 Å². The first kappa shape index (κ1) is 25.1. The Morgan fingerprint density at radius 1 is 1.19 bits per heavy atom. The zero-order valence-electron chi connectivity index (χ0n) is 19.1. The number of carbonyl (C=O) groups is 1. The first-order valence-electron chi connectivity index (χ1n) is 10.4. The number of nitrogens with zero attached hydrogens (tertiary/aromatic N) is 5. The molecular formula is C22H32ClN5O2S. The van der Waals surface area contributed by atoms with Crippen LogP contribution < -0.4 is 9.64 Å². The number of hydrogen-bond acceptors (Lipinski definition) is 6. The summed E-state index contributed by atoms with van der Waals surface area (Å²) in [6, 6.07) is 5.84. The Hall–Kier alpha value is -2.16. The second-order valence-electron chi connectivity index (χ2n) is 7.50. The van der Waals surface area contributed by atoms with Gasteiger partial charge in [-0.05, 0) is 51.6 Å². The fraction of sp³-hybridized carbons (Fsp3) is 0.500. The molecule has 0 aliphatic rings. The van der Waals surface area contributed by atoms with E-state index in [0.29, 0.717) is 17.4 Å². The van der Waals surface area contributed by atoms with Gasteiger partial charge in [0.15, 0.2) is 5.13 Å². The van der Waals surface area contributed by atoms with Crippen LogP contribution in [0.5, 0.6) is 5.75 Å². The molecule has 0 unspecified atom stereocenters. The molecule has 2 aromatic heterocycles. The van der Waals surface area contributed by atoms with Crippen LogP contribution in [-0.2, 0) is 0 Å². The highest BCUT2D eigenvalue weighted by molar-refractivity contribution is 7.22. The average Bonchev–Trinajstić information content (AvgIpc) is 3.39. The van der Waals surface area contributed by atoms with E-state index in [1.165, 1.54) is 11.3 Å². The van der Waals surface area contributed by atoms with E-state index in [9.17, 15) is 4.79 Å². The van der Waals surface area contributed by atoms with Crippen LogP contribution in [0.25, 0.3) is 10.2 Å². The zero-order chi connectivity index (χ0) is 21.8. The third-order valence-electron chi connectivity index (χ3n) is 5.30. The van der Waals surface area contributed by atoms with Gasteiger partial charge in [-0.15, -0.1) is 12.4 Å². The molecule has 170 valence electrons. The van der Waals surface area contributed by atoms with Crippen molar-refractivity contribution in [2.75, 3.05) is 38.2 Å². The van der Waals surface area contributed by atoms with E-state index in [2.05, 4.69) is 30.8 Å². The van der Waals surface area contributed by atoms with E-state index in [1.54, 1.807) is 29.0 Å². The molecule has 3 rings (SSSR count). The van der Waals surface area contributed by atoms with Gasteiger partial charge in [0.25, 0.3) is 5.91 Å². The number of aromatic nitrogens is 3. The Morgan fingerprint density at radius 2 is 1.90 bits per heavy atom. The lowest BCUT2D eigenvalue weighted by atomic mass is 10.2. The van der Waals surface area contributed by atoms with Crippen molar-refractivity contribution in [2.24, 2.45) is 0 Å². The van der Waals surface area contributed by atoms with Crippen LogP contribution in [0.1, 0.15) is 49.8 Å². The molecule has 0 spiro atoms. The van der Waals surface area contributed by atoms with E-state index in [1.807, 2.05) is 26.0 Å². The Bertz CT molecular complexity index is 1010. The number of thiazole rings is 1. The van der Waals surface area contributed by atoms with Gasteiger partial charge in [-0.1, -0.05) is 31.3 Å². The number of carbonyl (C=O) groups excluding carboxylic acids is 1. The summed E-state index contributed by atoms with van der Waals surface area (Å²) in [5.74, 6) is 0.644. The van der Waals surface area contributed by atoms with Crippen LogP contribution in [0.2, 0.25) is 0 Å². The molecule has 0 saturated carbocycles. The first-order chi connectivity index (χ1) is 14.4. The Morgan fingerprint density at radius 3 is 2.52 bits per heavy atom. The number of methoxy groups -OCH3 is 1. The number of fused-ring (bicyclic) bond motifs is 1. The van der Waals surface area contributed by atoms with Crippen molar-refractivity contribution in [2.45, 2.75) is 40.7 Å². The summed E-state index contributed by atoms with van der Waals surface area (Å²) < 4.78 is 8.32. The maximum absolute atomic E-state index is 13.6. The van der Waals surface area contributed by atoms with Crippen molar-refractivity contribution in [3.8, 4) is 5.75 Å². The molecule has 0 aliphatic carbocycles. The van der Waals surface area contributed by atoms with Crippen molar-refractivity contribution >= 4 is 45.0 Å². The summed E-state index contributed by atoms with van der Waals surface area (Å²) in [6.45, 7) is 13.6. The fourth-order valence-corrected chi connectivity index (χ4v) is 4.55. The Balaban J connectivity index is 0.00000341. The first-order valence-corrected chi connectivity index (χ1v) is 11.2. The molecule has 31 heavy (non-hydrogen) atoms. The van der Waals surface area contributed by atoms with E-state index in [4.69, 9.17) is 9.72 Å². The van der Waals surface area contributed by atoms with E-state index >= 15 is 0 Å². The highest BCUT2D eigenvalue weighted by Crippen LogP contribution is 2.36. The lowest BCUT2D eigenvalue weighted by molar-refractivity contribution is 0.0971. The molecule has 0 bridgehead atoms. The van der Waals surface area contributed by atoms with Crippen molar-refractivity contribution in [1.29, 1.82) is 0 Å². The number of rotatable bonds is 9. The maximum Gasteiger partial charge on any atom is 0.278 e.